The van der Waals surface area contributed by atoms with Gasteiger partial charge in [-0.15, -0.1) is 0 Å². The summed E-state index contributed by atoms with van der Waals surface area (Å²) in [6, 6.07) is 8.01. The van der Waals surface area contributed by atoms with E-state index in [0.717, 1.165) is 24.8 Å². The Balaban J connectivity index is 1.22. The highest BCUT2D eigenvalue weighted by atomic mass is 16.2. The summed E-state index contributed by atoms with van der Waals surface area (Å²) >= 11 is 0. The van der Waals surface area contributed by atoms with Crippen molar-refractivity contribution in [2.75, 3.05) is 13.1 Å². The highest BCUT2D eigenvalue weighted by Gasteiger charge is 2.56. The normalized spacial score (nSPS) is 32.5. The molecule has 4 aliphatic rings. The number of nitriles is 1. The van der Waals surface area contributed by atoms with Crippen LogP contribution in [0.15, 0.2) is 24.3 Å². The van der Waals surface area contributed by atoms with E-state index in [2.05, 4.69) is 6.07 Å². The lowest BCUT2D eigenvalue weighted by Gasteiger charge is -2.38. The average molecular weight is 437 g/mol. The largest absolute Gasteiger partial charge is 0.366 e. The van der Waals surface area contributed by atoms with E-state index in [1.165, 1.54) is 0 Å². The summed E-state index contributed by atoms with van der Waals surface area (Å²) < 4.78 is 0. The van der Waals surface area contributed by atoms with Crippen LogP contribution in [0.25, 0.3) is 0 Å². The van der Waals surface area contributed by atoms with Crippen LogP contribution in [0.4, 0.5) is 0 Å². The standard InChI is InChI=1S/C23H28N6O3/c1-12(13-2-4-14(5-3-13)21(26)30)28-17-8-20(23(28)32)27(10-17)11-18(25)22(31)29-16(9-24)6-15-7-19(15)29/h2-5,12,15-20H,6-8,10-11,25H2,1H3,(H2,26,30)/t12-,15+,16-,17-,18-,19-,20-/m0/s1. The maximum absolute atomic E-state index is 13.2. The van der Waals surface area contributed by atoms with Crippen LogP contribution in [0.5, 0.6) is 0 Å². The minimum Gasteiger partial charge on any atom is -0.366 e. The van der Waals surface area contributed by atoms with Crippen molar-refractivity contribution in [1.29, 1.82) is 5.26 Å². The summed E-state index contributed by atoms with van der Waals surface area (Å²) in [5.41, 5.74) is 13.0. The van der Waals surface area contributed by atoms with Gasteiger partial charge in [-0.05, 0) is 49.8 Å². The van der Waals surface area contributed by atoms with E-state index in [4.69, 9.17) is 11.5 Å². The number of carbonyl (C=O) groups is 3. The van der Waals surface area contributed by atoms with Gasteiger partial charge in [-0.25, -0.2) is 0 Å². The topological polar surface area (TPSA) is 137 Å². The molecule has 4 fully saturated rings. The zero-order valence-corrected chi connectivity index (χ0v) is 18.1. The van der Waals surface area contributed by atoms with Crippen molar-refractivity contribution in [3.63, 3.8) is 0 Å². The summed E-state index contributed by atoms with van der Waals surface area (Å²) in [5, 5.41) is 9.36. The molecule has 3 aliphatic heterocycles. The molecule has 4 N–H and O–H groups in total. The maximum Gasteiger partial charge on any atom is 0.248 e. The van der Waals surface area contributed by atoms with E-state index in [1.807, 2.05) is 28.9 Å². The summed E-state index contributed by atoms with van der Waals surface area (Å²) in [6.45, 7) is 2.99. The molecular formula is C23H28N6O3. The number of piperazine rings is 1. The molecule has 3 saturated heterocycles. The van der Waals surface area contributed by atoms with Gasteiger partial charge < -0.3 is 21.3 Å². The number of carbonyl (C=O) groups excluding carboxylic acids is 3. The number of nitrogens with zero attached hydrogens (tertiary/aromatic N) is 4. The molecule has 7 atom stereocenters. The number of nitrogens with two attached hydrogens (primary N) is 2. The predicted molar refractivity (Wildman–Crippen MR) is 115 cm³/mol. The van der Waals surface area contributed by atoms with Crippen LogP contribution in [-0.2, 0) is 9.59 Å². The average Bonchev–Trinajstić information content (AvgIpc) is 3.11. The van der Waals surface area contributed by atoms with Crippen molar-refractivity contribution in [3.8, 4) is 6.07 Å². The first-order valence-electron chi connectivity index (χ1n) is 11.2. The molecule has 168 valence electrons. The molecule has 32 heavy (non-hydrogen) atoms. The molecule has 9 heteroatoms. The van der Waals surface area contributed by atoms with Crippen molar-refractivity contribution in [2.45, 2.75) is 62.4 Å². The molecule has 0 aromatic heterocycles. The molecule has 0 radical (unpaired) electrons. The maximum atomic E-state index is 13.2. The highest BCUT2D eigenvalue weighted by Crippen LogP contribution is 2.48. The molecular weight excluding hydrogens is 408 g/mol. The van der Waals surface area contributed by atoms with Crippen molar-refractivity contribution in [1.82, 2.24) is 14.7 Å². The van der Waals surface area contributed by atoms with Crippen LogP contribution < -0.4 is 11.5 Å². The van der Waals surface area contributed by atoms with Gasteiger partial charge in [-0.3, -0.25) is 19.3 Å². The van der Waals surface area contributed by atoms with Crippen molar-refractivity contribution in [3.05, 3.63) is 35.4 Å². The number of benzene rings is 1. The van der Waals surface area contributed by atoms with E-state index >= 15 is 0 Å². The molecule has 1 aliphatic carbocycles. The number of likely N-dealkylation sites (tertiary alicyclic amines) is 3. The van der Waals surface area contributed by atoms with Gasteiger partial charge in [0.15, 0.2) is 0 Å². The van der Waals surface area contributed by atoms with Crippen LogP contribution in [-0.4, -0.2) is 75.7 Å². The monoisotopic (exact) mass is 436 g/mol. The Morgan fingerprint density at radius 3 is 2.56 bits per heavy atom. The Kier molecular flexibility index (Phi) is 4.95. The van der Waals surface area contributed by atoms with Gasteiger partial charge >= 0.3 is 0 Å². The van der Waals surface area contributed by atoms with Gasteiger partial charge in [-0.2, -0.15) is 5.26 Å². The van der Waals surface area contributed by atoms with Crippen LogP contribution >= 0.6 is 0 Å². The fourth-order valence-corrected chi connectivity index (χ4v) is 5.90. The number of fused-ring (bicyclic) bond motifs is 3. The van der Waals surface area contributed by atoms with Gasteiger partial charge in [-0.1, -0.05) is 12.1 Å². The van der Waals surface area contributed by atoms with Crippen LogP contribution in [0.2, 0.25) is 0 Å². The summed E-state index contributed by atoms with van der Waals surface area (Å²) in [5.74, 6) is -0.149. The quantitative estimate of drug-likeness (QED) is 0.643. The Labute approximate surface area is 186 Å². The first-order valence-corrected chi connectivity index (χ1v) is 11.2. The van der Waals surface area contributed by atoms with E-state index in [1.54, 1.807) is 17.0 Å². The van der Waals surface area contributed by atoms with E-state index in [-0.39, 0.29) is 42.0 Å². The Morgan fingerprint density at radius 2 is 1.94 bits per heavy atom. The number of hydrogen-bond acceptors (Lipinski definition) is 6. The zero-order chi connectivity index (χ0) is 22.7. The highest BCUT2D eigenvalue weighted by molar-refractivity contribution is 5.92. The predicted octanol–water partition coefficient (Wildman–Crippen LogP) is -0.0281. The van der Waals surface area contributed by atoms with E-state index in [9.17, 15) is 19.6 Å². The molecule has 0 unspecified atom stereocenters. The third-order valence-electron chi connectivity index (χ3n) is 7.67. The molecule has 2 bridgehead atoms. The van der Waals surface area contributed by atoms with Crippen LogP contribution in [0.3, 0.4) is 0 Å². The SMILES string of the molecule is C[C@@H](c1ccc(C(N)=O)cc1)N1C(=O)[C@@H]2C[C@H]1CN2C[C@H](N)C(=O)N1[C@H](C#N)C[C@@H]2C[C@@H]21. The molecule has 0 spiro atoms. The Bertz CT molecular complexity index is 1000. The molecule has 3 amide bonds. The van der Waals surface area contributed by atoms with Gasteiger partial charge in [0.2, 0.25) is 17.7 Å². The molecule has 1 saturated carbocycles. The third kappa shape index (κ3) is 3.26. The first-order chi connectivity index (χ1) is 15.3. The van der Waals surface area contributed by atoms with Crippen LogP contribution in [0.1, 0.15) is 48.1 Å². The van der Waals surface area contributed by atoms with Crippen molar-refractivity contribution in [2.24, 2.45) is 17.4 Å². The van der Waals surface area contributed by atoms with Gasteiger partial charge in [0.05, 0.1) is 24.2 Å². The van der Waals surface area contributed by atoms with Gasteiger partial charge in [0, 0.05) is 30.7 Å². The van der Waals surface area contributed by atoms with E-state index in [0.29, 0.717) is 24.6 Å². The van der Waals surface area contributed by atoms with E-state index < -0.39 is 11.9 Å². The molecule has 5 rings (SSSR count). The molecule has 1 aromatic carbocycles. The van der Waals surface area contributed by atoms with Gasteiger partial charge in [0.1, 0.15) is 6.04 Å². The Hall–Kier alpha value is -2.96. The van der Waals surface area contributed by atoms with Crippen molar-refractivity contribution < 1.29 is 14.4 Å². The molecule has 1 aromatic rings. The molecule has 9 nitrogen and oxygen atoms in total. The van der Waals surface area contributed by atoms with Crippen molar-refractivity contribution >= 4 is 17.7 Å². The second-order valence-corrected chi connectivity index (χ2v) is 9.56. The summed E-state index contributed by atoms with van der Waals surface area (Å²) in [4.78, 5) is 43.0. The number of rotatable bonds is 6. The third-order valence-corrected chi connectivity index (χ3v) is 7.67. The number of amides is 3. The second-order valence-electron chi connectivity index (χ2n) is 9.56. The first kappa shape index (κ1) is 20.9. The molecule has 3 heterocycles. The van der Waals surface area contributed by atoms with Gasteiger partial charge in [0.25, 0.3) is 0 Å². The lowest BCUT2D eigenvalue weighted by Crippen LogP contribution is -2.57. The number of piperidine rings is 1. The lowest BCUT2D eigenvalue weighted by molar-refractivity contribution is -0.141. The Morgan fingerprint density at radius 1 is 1.22 bits per heavy atom. The smallest absolute Gasteiger partial charge is 0.248 e. The second kappa shape index (κ2) is 7.57. The zero-order valence-electron chi connectivity index (χ0n) is 18.1. The van der Waals surface area contributed by atoms with Crippen LogP contribution in [0, 0.1) is 17.2 Å². The minimum absolute atomic E-state index is 0.0470. The minimum atomic E-state index is -0.732. The number of primary amides is 1. The summed E-state index contributed by atoms with van der Waals surface area (Å²) in [6.07, 6.45) is 2.44. The fraction of sp³-hybridized carbons (Fsp3) is 0.565. The summed E-state index contributed by atoms with van der Waals surface area (Å²) in [7, 11) is 0. The number of hydrogen-bond donors (Lipinski definition) is 2. The fourth-order valence-electron chi connectivity index (χ4n) is 5.90. The lowest BCUT2D eigenvalue weighted by atomic mass is 10.0.